The van der Waals surface area contributed by atoms with Crippen molar-refractivity contribution in [3.05, 3.63) is 6.42 Å². The topological polar surface area (TPSA) is 0 Å². The molecule has 1 aliphatic rings. The van der Waals surface area contributed by atoms with Gasteiger partial charge in [-0.1, -0.05) is 0 Å². The van der Waals surface area contributed by atoms with Crippen LogP contribution in [0.1, 0.15) is 19.3 Å². The van der Waals surface area contributed by atoms with Crippen molar-refractivity contribution in [3.8, 4) is 11.8 Å². The first-order chi connectivity index (χ1) is 4.93. The predicted octanol–water partition coefficient (Wildman–Crippen LogP) is 2.36. The molecule has 0 nitrogen and oxygen atoms in total. The van der Waals surface area contributed by atoms with Crippen molar-refractivity contribution in [1.82, 2.24) is 0 Å². The Morgan fingerprint density at radius 3 is 3.00 bits per heavy atom. The molecule has 0 amide bonds. The molecule has 0 spiro atoms. The van der Waals surface area contributed by atoms with Crippen molar-refractivity contribution in [3.63, 3.8) is 0 Å². The van der Waals surface area contributed by atoms with E-state index in [1.54, 1.807) is 0 Å². The van der Waals surface area contributed by atoms with Gasteiger partial charge in [0, 0.05) is 18.6 Å². The third-order valence-corrected chi connectivity index (χ3v) is 2.10. The lowest BCUT2D eigenvalue weighted by molar-refractivity contribution is 0.913. The lowest BCUT2D eigenvalue weighted by Gasteiger charge is -1.84. The van der Waals surface area contributed by atoms with Crippen LogP contribution in [0.2, 0.25) is 0 Å². The minimum absolute atomic E-state index is 0.849. The van der Waals surface area contributed by atoms with Crippen LogP contribution in [0.15, 0.2) is 0 Å². The average molecular weight is 153 g/mol. The maximum absolute atomic E-state index is 3.19. The SMILES string of the molecule is CSCCC#CCC1[CH]C1. The Morgan fingerprint density at radius 1 is 1.60 bits per heavy atom. The first-order valence-electron chi connectivity index (χ1n) is 3.71. The first kappa shape index (κ1) is 8.01. The number of thioether (sulfide) groups is 1. The lowest BCUT2D eigenvalue weighted by Crippen LogP contribution is -1.73. The van der Waals surface area contributed by atoms with Gasteiger partial charge < -0.3 is 0 Å². The van der Waals surface area contributed by atoms with Crippen LogP contribution in [-0.2, 0) is 0 Å². The monoisotopic (exact) mass is 153 g/mol. The van der Waals surface area contributed by atoms with Gasteiger partial charge in [-0.3, -0.25) is 0 Å². The fourth-order valence-corrected chi connectivity index (χ4v) is 1.01. The third kappa shape index (κ3) is 3.85. The van der Waals surface area contributed by atoms with Crippen LogP contribution in [0.4, 0.5) is 0 Å². The summed E-state index contributed by atoms with van der Waals surface area (Å²) in [4.78, 5) is 0. The Balaban J connectivity index is 1.90. The van der Waals surface area contributed by atoms with Gasteiger partial charge >= 0.3 is 0 Å². The molecule has 1 saturated carbocycles. The highest BCUT2D eigenvalue weighted by Crippen LogP contribution is 2.30. The third-order valence-electron chi connectivity index (χ3n) is 1.49. The first-order valence-corrected chi connectivity index (χ1v) is 5.11. The molecule has 1 atom stereocenters. The molecule has 1 radical (unpaired) electrons. The zero-order chi connectivity index (χ0) is 7.23. The van der Waals surface area contributed by atoms with E-state index in [1.807, 2.05) is 11.8 Å². The van der Waals surface area contributed by atoms with Gasteiger partial charge in [0.2, 0.25) is 0 Å². The molecule has 1 aliphatic carbocycles. The maximum atomic E-state index is 3.19. The van der Waals surface area contributed by atoms with Gasteiger partial charge in [0.25, 0.3) is 0 Å². The number of hydrogen-bond acceptors (Lipinski definition) is 1. The van der Waals surface area contributed by atoms with Gasteiger partial charge in [-0.15, -0.1) is 11.8 Å². The second-order valence-corrected chi connectivity index (χ2v) is 3.52. The minimum atomic E-state index is 0.849. The van der Waals surface area contributed by atoms with Crippen LogP contribution >= 0.6 is 11.8 Å². The molecule has 1 unspecified atom stereocenters. The van der Waals surface area contributed by atoms with Crippen molar-refractivity contribution in [1.29, 1.82) is 0 Å². The molecular formula is C9H13S. The predicted molar refractivity (Wildman–Crippen MR) is 47.8 cm³/mol. The average Bonchev–Trinajstić information content (AvgIpc) is 2.71. The molecule has 0 aromatic heterocycles. The summed E-state index contributed by atoms with van der Waals surface area (Å²) < 4.78 is 0. The number of rotatable bonds is 3. The molecule has 0 aromatic carbocycles. The van der Waals surface area contributed by atoms with Crippen LogP contribution in [0.5, 0.6) is 0 Å². The molecule has 10 heavy (non-hydrogen) atoms. The summed E-state index contributed by atoms with van der Waals surface area (Å²) in [5.41, 5.74) is 0. The van der Waals surface area contributed by atoms with Crippen molar-refractivity contribution in [2.45, 2.75) is 19.3 Å². The molecule has 1 fully saturated rings. The van der Waals surface area contributed by atoms with E-state index in [0.29, 0.717) is 0 Å². The zero-order valence-electron chi connectivity index (χ0n) is 6.39. The molecule has 0 aliphatic heterocycles. The Bertz CT molecular complexity index is 137. The molecule has 0 heterocycles. The lowest BCUT2D eigenvalue weighted by atomic mass is 10.3. The minimum Gasteiger partial charge on any atom is -0.164 e. The van der Waals surface area contributed by atoms with Gasteiger partial charge in [0.15, 0.2) is 0 Å². The molecule has 55 valence electrons. The normalized spacial score (nSPS) is 16.1. The van der Waals surface area contributed by atoms with E-state index < -0.39 is 0 Å². The van der Waals surface area contributed by atoms with E-state index in [9.17, 15) is 0 Å². The van der Waals surface area contributed by atoms with Crippen molar-refractivity contribution >= 4 is 11.8 Å². The molecule has 0 bridgehead atoms. The van der Waals surface area contributed by atoms with Gasteiger partial charge in [-0.25, -0.2) is 0 Å². The van der Waals surface area contributed by atoms with Crippen molar-refractivity contribution < 1.29 is 0 Å². The Kier molecular flexibility index (Phi) is 3.75. The summed E-state index contributed by atoms with van der Waals surface area (Å²) >= 11 is 1.87. The van der Waals surface area contributed by atoms with E-state index >= 15 is 0 Å². The summed E-state index contributed by atoms with van der Waals surface area (Å²) in [7, 11) is 0. The van der Waals surface area contributed by atoms with E-state index in [-0.39, 0.29) is 0 Å². The smallest absolute Gasteiger partial charge is 0.0179 e. The Labute approximate surface area is 67.8 Å². The van der Waals surface area contributed by atoms with Gasteiger partial charge in [-0.05, 0) is 25.0 Å². The molecular weight excluding hydrogens is 140 g/mol. The second-order valence-electron chi connectivity index (χ2n) is 2.53. The summed E-state index contributed by atoms with van der Waals surface area (Å²) in [6, 6.07) is 0. The van der Waals surface area contributed by atoms with Gasteiger partial charge in [-0.2, -0.15) is 11.8 Å². The highest BCUT2D eigenvalue weighted by atomic mass is 32.2. The molecule has 0 saturated heterocycles. The summed E-state index contributed by atoms with van der Waals surface area (Å²) in [5.74, 6) is 8.39. The van der Waals surface area contributed by atoms with Crippen LogP contribution in [0, 0.1) is 24.2 Å². The van der Waals surface area contributed by atoms with Crippen LogP contribution in [0.25, 0.3) is 0 Å². The van der Waals surface area contributed by atoms with Gasteiger partial charge in [0.1, 0.15) is 0 Å². The standard InChI is InChI=1S/C9H13S/c1-10-8-4-2-3-5-9-6-7-9/h6,9H,4-5,7-8H2,1H3. The number of hydrogen-bond donors (Lipinski definition) is 0. The fraction of sp³-hybridized carbons (Fsp3) is 0.667. The highest BCUT2D eigenvalue weighted by Gasteiger charge is 2.19. The summed E-state index contributed by atoms with van der Waals surface area (Å²) in [6.07, 6.45) is 7.92. The van der Waals surface area contributed by atoms with E-state index in [2.05, 4.69) is 24.5 Å². The quantitative estimate of drug-likeness (QED) is 0.443. The largest absolute Gasteiger partial charge is 0.164 e. The van der Waals surface area contributed by atoms with E-state index in [0.717, 1.165) is 18.8 Å². The van der Waals surface area contributed by atoms with Crippen LogP contribution < -0.4 is 0 Å². The van der Waals surface area contributed by atoms with Gasteiger partial charge in [0.05, 0.1) is 0 Å². The van der Waals surface area contributed by atoms with Crippen LogP contribution in [-0.4, -0.2) is 12.0 Å². The Morgan fingerprint density at radius 2 is 2.40 bits per heavy atom. The second kappa shape index (κ2) is 4.68. The van der Waals surface area contributed by atoms with Crippen LogP contribution in [0.3, 0.4) is 0 Å². The molecule has 1 rings (SSSR count). The van der Waals surface area contributed by atoms with Crippen molar-refractivity contribution in [2.75, 3.05) is 12.0 Å². The van der Waals surface area contributed by atoms with E-state index in [1.165, 1.54) is 12.2 Å². The Hall–Kier alpha value is -0.0900. The van der Waals surface area contributed by atoms with Crippen molar-refractivity contribution in [2.24, 2.45) is 5.92 Å². The zero-order valence-corrected chi connectivity index (χ0v) is 7.21. The fourth-order valence-electron chi connectivity index (χ4n) is 0.708. The van der Waals surface area contributed by atoms with E-state index in [4.69, 9.17) is 0 Å². The molecule has 1 heteroatoms. The highest BCUT2D eigenvalue weighted by molar-refractivity contribution is 7.98. The summed E-state index contributed by atoms with van der Waals surface area (Å²) in [6.45, 7) is 0. The summed E-state index contributed by atoms with van der Waals surface area (Å²) in [5, 5.41) is 0. The maximum Gasteiger partial charge on any atom is 0.0179 e. The molecule has 0 N–H and O–H groups in total. The molecule has 0 aromatic rings.